The normalized spacial score (nSPS) is 18.4. The Morgan fingerprint density at radius 3 is 2.60 bits per heavy atom. The average molecular weight is 429 g/mol. The molecule has 1 aliphatic heterocycles. The summed E-state index contributed by atoms with van der Waals surface area (Å²) >= 11 is 1.47. The summed E-state index contributed by atoms with van der Waals surface area (Å²) in [5, 5.41) is 12.9. The number of rotatable bonds is 9. The maximum absolute atomic E-state index is 13.0. The molecule has 1 aromatic carbocycles. The predicted octanol–water partition coefficient (Wildman–Crippen LogP) is 3.91. The monoisotopic (exact) mass is 428 g/mol. The van der Waals surface area contributed by atoms with Gasteiger partial charge < -0.3 is 19.6 Å². The fraction of sp³-hybridized carbons (Fsp3) is 0.391. The molecule has 0 unspecified atom stereocenters. The van der Waals surface area contributed by atoms with Crippen molar-refractivity contribution in [3.8, 4) is 5.75 Å². The topological polar surface area (TPSA) is 70.1 Å². The second-order valence-corrected chi connectivity index (χ2v) is 8.10. The second kappa shape index (κ2) is 9.91. The van der Waals surface area contributed by atoms with Gasteiger partial charge in [0, 0.05) is 17.0 Å². The number of amides is 1. The fourth-order valence-electron chi connectivity index (χ4n) is 3.78. The van der Waals surface area contributed by atoms with Crippen LogP contribution in [-0.4, -0.2) is 59.9 Å². The molecule has 0 spiro atoms. The maximum atomic E-state index is 13.0. The van der Waals surface area contributed by atoms with Crippen LogP contribution in [0.1, 0.15) is 36.8 Å². The van der Waals surface area contributed by atoms with E-state index in [9.17, 15) is 14.7 Å². The number of thiophene rings is 1. The van der Waals surface area contributed by atoms with E-state index in [-0.39, 0.29) is 11.3 Å². The molecule has 1 aliphatic rings. The van der Waals surface area contributed by atoms with E-state index in [1.54, 1.807) is 36.3 Å². The standard InChI is InChI=1S/C23H28N2O4S/c1-4-24(5-2)12-8-13-25-20(18-11-7-14-30-18)19(22(27)23(25)28)21(26)16-9-6-10-17(15-16)29-3/h6-7,9-11,14-15,20,26H,4-5,8,12-13H2,1-3H3/t20-/m0/s1. The highest BCUT2D eigenvalue weighted by Crippen LogP contribution is 2.41. The Hall–Kier alpha value is -2.64. The summed E-state index contributed by atoms with van der Waals surface area (Å²) < 4.78 is 5.23. The molecule has 1 amide bonds. The number of carbonyl (C=O) groups is 2. The molecule has 30 heavy (non-hydrogen) atoms. The van der Waals surface area contributed by atoms with Crippen molar-refractivity contribution >= 4 is 28.8 Å². The third kappa shape index (κ3) is 4.42. The Kier molecular flexibility index (Phi) is 7.29. The lowest BCUT2D eigenvalue weighted by Crippen LogP contribution is -2.33. The molecular formula is C23H28N2O4S. The SMILES string of the molecule is CCN(CC)CCCN1C(=O)C(=O)C(=C(O)c2cccc(OC)c2)[C@@H]1c1cccs1. The van der Waals surface area contributed by atoms with Crippen LogP contribution in [0, 0.1) is 0 Å². The molecule has 1 fully saturated rings. The molecule has 3 rings (SSSR count). The van der Waals surface area contributed by atoms with Gasteiger partial charge in [0.1, 0.15) is 11.5 Å². The molecule has 2 aromatic rings. The molecule has 2 heterocycles. The van der Waals surface area contributed by atoms with Crippen molar-refractivity contribution in [3.63, 3.8) is 0 Å². The van der Waals surface area contributed by atoms with Gasteiger partial charge in [-0.05, 0) is 49.6 Å². The van der Waals surface area contributed by atoms with Crippen molar-refractivity contribution < 1.29 is 19.4 Å². The smallest absolute Gasteiger partial charge is 0.295 e. The molecule has 160 valence electrons. The highest BCUT2D eigenvalue weighted by atomic mass is 32.1. The number of carbonyl (C=O) groups excluding carboxylic acids is 2. The first-order valence-corrected chi connectivity index (χ1v) is 11.1. The van der Waals surface area contributed by atoms with Gasteiger partial charge in [0.15, 0.2) is 0 Å². The molecule has 6 nitrogen and oxygen atoms in total. The molecular weight excluding hydrogens is 400 g/mol. The number of benzene rings is 1. The van der Waals surface area contributed by atoms with E-state index in [1.807, 2.05) is 17.5 Å². The first-order valence-electron chi connectivity index (χ1n) is 10.2. The minimum atomic E-state index is -0.642. The minimum Gasteiger partial charge on any atom is -0.507 e. The summed E-state index contributed by atoms with van der Waals surface area (Å²) in [5.41, 5.74) is 0.593. The third-order valence-corrected chi connectivity index (χ3v) is 6.39. The number of aliphatic hydroxyl groups is 1. The Labute approximate surface area is 181 Å². The van der Waals surface area contributed by atoms with Gasteiger partial charge in [-0.2, -0.15) is 0 Å². The van der Waals surface area contributed by atoms with Gasteiger partial charge in [0.05, 0.1) is 18.7 Å². The first-order chi connectivity index (χ1) is 14.5. The number of hydrogen-bond acceptors (Lipinski definition) is 6. The average Bonchev–Trinajstić information content (AvgIpc) is 3.38. The summed E-state index contributed by atoms with van der Waals surface area (Å²) in [7, 11) is 1.54. The van der Waals surface area contributed by atoms with E-state index in [1.165, 1.54) is 11.3 Å². The number of Topliss-reactive ketones (excluding diaryl/α,β-unsaturated/α-hetero) is 1. The van der Waals surface area contributed by atoms with Crippen LogP contribution in [0.25, 0.3) is 5.76 Å². The Bertz CT molecular complexity index is 919. The van der Waals surface area contributed by atoms with Crippen molar-refractivity contribution in [1.29, 1.82) is 0 Å². The summed E-state index contributed by atoms with van der Waals surface area (Å²) in [4.78, 5) is 30.6. The Morgan fingerprint density at radius 1 is 1.20 bits per heavy atom. The summed E-state index contributed by atoms with van der Waals surface area (Å²) in [6, 6.07) is 10.1. The van der Waals surface area contributed by atoms with Gasteiger partial charge in [-0.25, -0.2) is 0 Å². The first kappa shape index (κ1) is 22.1. The van der Waals surface area contributed by atoms with Gasteiger partial charge in [-0.3, -0.25) is 9.59 Å². The Morgan fingerprint density at radius 2 is 1.97 bits per heavy atom. The van der Waals surface area contributed by atoms with Gasteiger partial charge >= 0.3 is 0 Å². The molecule has 0 radical (unpaired) electrons. The zero-order valence-electron chi connectivity index (χ0n) is 17.6. The van der Waals surface area contributed by atoms with E-state index in [2.05, 4.69) is 18.7 Å². The maximum Gasteiger partial charge on any atom is 0.295 e. The highest BCUT2D eigenvalue weighted by molar-refractivity contribution is 7.10. The van der Waals surface area contributed by atoms with Gasteiger partial charge in [0.2, 0.25) is 0 Å². The Balaban J connectivity index is 1.97. The van der Waals surface area contributed by atoms with Crippen LogP contribution in [0.2, 0.25) is 0 Å². The van der Waals surface area contributed by atoms with Crippen LogP contribution in [-0.2, 0) is 9.59 Å². The second-order valence-electron chi connectivity index (χ2n) is 7.12. The molecule has 7 heteroatoms. The van der Waals surface area contributed by atoms with Crippen molar-refractivity contribution in [2.45, 2.75) is 26.3 Å². The lowest BCUT2D eigenvalue weighted by molar-refractivity contribution is -0.139. The van der Waals surface area contributed by atoms with E-state index in [0.717, 1.165) is 30.9 Å². The van der Waals surface area contributed by atoms with Crippen LogP contribution in [0.3, 0.4) is 0 Å². The number of methoxy groups -OCH3 is 1. The quantitative estimate of drug-likeness (QED) is 0.373. The zero-order valence-corrected chi connectivity index (χ0v) is 18.4. The molecule has 1 saturated heterocycles. The van der Waals surface area contributed by atoms with Gasteiger partial charge in [-0.15, -0.1) is 11.3 Å². The van der Waals surface area contributed by atoms with Crippen LogP contribution < -0.4 is 4.74 Å². The van der Waals surface area contributed by atoms with E-state index in [4.69, 9.17) is 4.74 Å². The van der Waals surface area contributed by atoms with E-state index in [0.29, 0.717) is 17.9 Å². The molecule has 1 atom stereocenters. The number of nitrogens with zero attached hydrogens (tertiary/aromatic N) is 2. The number of aliphatic hydroxyl groups excluding tert-OH is 1. The van der Waals surface area contributed by atoms with Crippen LogP contribution >= 0.6 is 11.3 Å². The minimum absolute atomic E-state index is 0.138. The van der Waals surface area contributed by atoms with Gasteiger partial charge in [0.25, 0.3) is 11.7 Å². The largest absolute Gasteiger partial charge is 0.507 e. The number of ether oxygens (including phenoxy) is 1. The summed E-state index contributed by atoms with van der Waals surface area (Å²) in [5.74, 6) is -0.800. The van der Waals surface area contributed by atoms with Crippen LogP contribution in [0.15, 0.2) is 47.4 Å². The number of hydrogen-bond donors (Lipinski definition) is 1. The highest BCUT2D eigenvalue weighted by Gasteiger charge is 2.46. The number of ketones is 1. The lowest BCUT2D eigenvalue weighted by Gasteiger charge is -2.25. The molecule has 0 bridgehead atoms. The molecule has 0 aliphatic carbocycles. The molecule has 0 saturated carbocycles. The van der Waals surface area contributed by atoms with E-state index >= 15 is 0 Å². The zero-order chi connectivity index (χ0) is 21.7. The van der Waals surface area contributed by atoms with E-state index < -0.39 is 17.7 Å². The van der Waals surface area contributed by atoms with Gasteiger partial charge in [-0.1, -0.05) is 32.0 Å². The number of likely N-dealkylation sites (tertiary alicyclic amines) is 1. The fourth-order valence-corrected chi connectivity index (χ4v) is 4.63. The van der Waals surface area contributed by atoms with Crippen molar-refractivity contribution in [1.82, 2.24) is 9.80 Å². The van der Waals surface area contributed by atoms with Crippen molar-refractivity contribution in [2.24, 2.45) is 0 Å². The van der Waals surface area contributed by atoms with Crippen LogP contribution in [0.4, 0.5) is 0 Å². The third-order valence-electron chi connectivity index (χ3n) is 5.46. The molecule has 1 aromatic heterocycles. The summed E-state index contributed by atoms with van der Waals surface area (Å²) in [6.07, 6.45) is 0.760. The molecule has 1 N–H and O–H groups in total. The van der Waals surface area contributed by atoms with Crippen molar-refractivity contribution in [2.75, 3.05) is 33.3 Å². The van der Waals surface area contributed by atoms with Crippen LogP contribution in [0.5, 0.6) is 5.75 Å². The lowest BCUT2D eigenvalue weighted by atomic mass is 9.99. The predicted molar refractivity (Wildman–Crippen MR) is 119 cm³/mol. The summed E-state index contributed by atoms with van der Waals surface area (Å²) in [6.45, 7) is 7.41. The van der Waals surface area contributed by atoms with Crippen molar-refractivity contribution in [3.05, 3.63) is 57.8 Å².